The molecule has 5 nitrogen and oxygen atoms in total. The highest BCUT2D eigenvalue weighted by atomic mass is 32.1. The van der Waals surface area contributed by atoms with Gasteiger partial charge in [-0.15, -0.1) is 11.3 Å². The first-order valence-electron chi connectivity index (χ1n) is 9.87. The van der Waals surface area contributed by atoms with Crippen LogP contribution in [0, 0.1) is 0 Å². The Balaban J connectivity index is 1.60. The predicted octanol–water partition coefficient (Wildman–Crippen LogP) is 2.70. The summed E-state index contributed by atoms with van der Waals surface area (Å²) in [4.78, 5) is 2.83. The van der Waals surface area contributed by atoms with E-state index in [9.17, 15) is 0 Å². The molecule has 1 spiro atoms. The molecule has 2 aromatic rings. The van der Waals surface area contributed by atoms with Crippen LogP contribution in [0.15, 0.2) is 40.8 Å². The molecule has 0 bridgehead atoms. The van der Waals surface area contributed by atoms with Crippen molar-refractivity contribution < 1.29 is 14.4 Å². The van der Waals surface area contributed by atoms with Crippen LogP contribution >= 0.6 is 11.3 Å². The van der Waals surface area contributed by atoms with E-state index in [4.69, 9.17) is 14.6 Å². The van der Waals surface area contributed by atoms with Crippen molar-refractivity contribution in [3.63, 3.8) is 0 Å². The van der Waals surface area contributed by atoms with Gasteiger partial charge in [-0.25, -0.2) is 5.01 Å². The fourth-order valence-electron chi connectivity index (χ4n) is 4.53. The van der Waals surface area contributed by atoms with Gasteiger partial charge in [-0.1, -0.05) is 18.2 Å². The van der Waals surface area contributed by atoms with E-state index in [1.54, 1.807) is 16.2 Å². The number of fused-ring (bicyclic) bond motifs is 4. The third-order valence-electron chi connectivity index (χ3n) is 5.98. The molecular weight excluding hydrogens is 358 g/mol. The Bertz CT molecular complexity index is 856. The van der Waals surface area contributed by atoms with Crippen LogP contribution in [-0.2, 0) is 0 Å². The molecule has 0 saturated carbocycles. The minimum absolute atomic E-state index is 0.227. The van der Waals surface area contributed by atoms with Crippen LogP contribution < -0.4 is 14.4 Å². The quantitative estimate of drug-likeness (QED) is 0.884. The first kappa shape index (κ1) is 17.1. The lowest BCUT2D eigenvalue weighted by atomic mass is 9.91. The molecule has 1 aromatic carbocycles. The Kier molecular flexibility index (Phi) is 4.13. The minimum Gasteiger partial charge on any atom is -0.490 e. The molecule has 1 saturated heterocycles. The third-order valence-corrected chi connectivity index (χ3v) is 6.90. The Hall–Kier alpha value is -2.05. The lowest BCUT2D eigenvalue weighted by Gasteiger charge is -2.49. The van der Waals surface area contributed by atoms with E-state index in [2.05, 4.69) is 41.7 Å². The first-order chi connectivity index (χ1) is 13.2. The predicted molar refractivity (Wildman–Crippen MR) is 107 cm³/mol. The van der Waals surface area contributed by atoms with E-state index in [-0.39, 0.29) is 11.8 Å². The number of thiophene rings is 1. The molecule has 6 heteroatoms. The summed E-state index contributed by atoms with van der Waals surface area (Å²) in [5.74, 6) is 1.80. The largest absolute Gasteiger partial charge is 0.490 e. The summed E-state index contributed by atoms with van der Waals surface area (Å²) in [6.45, 7) is 4.86. The molecule has 0 unspecified atom stereocenters. The van der Waals surface area contributed by atoms with Gasteiger partial charge in [0.25, 0.3) is 0 Å². The van der Waals surface area contributed by atoms with Crippen molar-refractivity contribution in [3.8, 4) is 11.5 Å². The summed E-state index contributed by atoms with van der Waals surface area (Å²) in [5, 5.41) is 9.53. The topological polar surface area (TPSA) is 38.5 Å². The van der Waals surface area contributed by atoms with Crippen LogP contribution in [-0.4, -0.2) is 43.2 Å². The summed E-state index contributed by atoms with van der Waals surface area (Å²) in [6.07, 6.45) is 2.89. The molecule has 3 aliphatic rings. The average molecular weight is 385 g/mol. The zero-order valence-electron chi connectivity index (χ0n) is 15.9. The Labute approximate surface area is 164 Å². The maximum absolute atomic E-state index is 6.76. The van der Waals surface area contributed by atoms with Gasteiger partial charge < -0.3 is 14.4 Å². The zero-order valence-corrected chi connectivity index (χ0v) is 16.7. The lowest BCUT2D eigenvalue weighted by molar-refractivity contribution is -0.888. The maximum Gasteiger partial charge on any atom is 0.209 e. The number of rotatable bonds is 3. The van der Waals surface area contributed by atoms with Crippen molar-refractivity contribution in [1.82, 2.24) is 5.01 Å². The van der Waals surface area contributed by atoms with Crippen LogP contribution in [0.5, 0.6) is 11.5 Å². The molecule has 4 heterocycles. The van der Waals surface area contributed by atoms with Crippen LogP contribution in [0.3, 0.4) is 0 Å². The molecular formula is C21H26N3O2S+. The number of para-hydroxylation sites is 1. The van der Waals surface area contributed by atoms with Crippen LogP contribution in [0.2, 0.25) is 0 Å². The monoisotopic (exact) mass is 384 g/mol. The van der Waals surface area contributed by atoms with Gasteiger partial charge in [0.05, 0.1) is 56.2 Å². The summed E-state index contributed by atoms with van der Waals surface area (Å²) in [5.41, 5.74) is 2.02. The molecule has 0 amide bonds. The number of hydrazone groups is 1. The summed E-state index contributed by atoms with van der Waals surface area (Å²) in [7, 11) is 2.26. The highest BCUT2D eigenvalue weighted by Crippen LogP contribution is 2.52. The highest BCUT2D eigenvalue weighted by molar-refractivity contribution is 7.12. The third kappa shape index (κ3) is 2.74. The van der Waals surface area contributed by atoms with Gasteiger partial charge in [0, 0.05) is 12.0 Å². The summed E-state index contributed by atoms with van der Waals surface area (Å²) < 4.78 is 12.7. The molecule has 0 aliphatic carbocycles. The van der Waals surface area contributed by atoms with E-state index in [1.165, 1.54) is 16.2 Å². The molecule has 1 fully saturated rings. The standard InChI is InChI=1S/C21H25N3O2S/c1-3-25-18-7-4-6-15-17-14-16(19-8-5-13-27-19)22-24(17)21(26-20(15)18)9-11-23(2)12-10-21/h4-8,13,17H,3,9-12,14H2,1-2H3/p+1/t17-/m1/s1. The fourth-order valence-corrected chi connectivity index (χ4v) is 5.25. The number of nitrogens with zero attached hydrogens (tertiary/aromatic N) is 2. The van der Waals surface area contributed by atoms with Crippen molar-refractivity contribution in [1.29, 1.82) is 0 Å². The van der Waals surface area contributed by atoms with E-state index in [1.807, 2.05) is 13.0 Å². The van der Waals surface area contributed by atoms with Crippen LogP contribution in [0.1, 0.15) is 42.7 Å². The van der Waals surface area contributed by atoms with Gasteiger partial charge in [0.2, 0.25) is 5.72 Å². The Morgan fingerprint density at radius 2 is 2.15 bits per heavy atom. The fraction of sp³-hybridized carbons (Fsp3) is 0.476. The molecule has 1 N–H and O–H groups in total. The highest BCUT2D eigenvalue weighted by Gasteiger charge is 2.53. The van der Waals surface area contributed by atoms with Gasteiger partial charge in [-0.05, 0) is 24.4 Å². The first-order valence-corrected chi connectivity index (χ1v) is 10.7. The number of benzene rings is 1. The van der Waals surface area contributed by atoms with E-state index in [0.717, 1.165) is 43.9 Å². The Morgan fingerprint density at radius 3 is 2.89 bits per heavy atom. The number of hydrogen-bond acceptors (Lipinski definition) is 5. The van der Waals surface area contributed by atoms with Crippen molar-refractivity contribution in [3.05, 3.63) is 46.2 Å². The second-order valence-corrected chi connectivity index (χ2v) is 8.65. The molecule has 5 rings (SSSR count). The van der Waals surface area contributed by atoms with Gasteiger partial charge in [0.1, 0.15) is 0 Å². The Morgan fingerprint density at radius 1 is 1.30 bits per heavy atom. The molecule has 1 aromatic heterocycles. The molecule has 1 atom stereocenters. The maximum atomic E-state index is 6.76. The number of quaternary nitrogens is 1. The summed E-state index contributed by atoms with van der Waals surface area (Å²) in [6, 6.07) is 10.8. The van der Waals surface area contributed by atoms with Crippen LogP contribution in [0.4, 0.5) is 0 Å². The number of hydrogen-bond donors (Lipinski definition) is 1. The van der Waals surface area contributed by atoms with Gasteiger partial charge in [0.15, 0.2) is 11.5 Å². The lowest BCUT2D eigenvalue weighted by Crippen LogP contribution is -3.11. The second kappa shape index (κ2) is 6.53. The molecule has 142 valence electrons. The summed E-state index contributed by atoms with van der Waals surface area (Å²) >= 11 is 1.77. The minimum atomic E-state index is -0.358. The van der Waals surface area contributed by atoms with E-state index in [0.29, 0.717) is 6.61 Å². The van der Waals surface area contributed by atoms with E-state index < -0.39 is 0 Å². The average Bonchev–Trinajstić information content (AvgIpc) is 3.35. The second-order valence-electron chi connectivity index (χ2n) is 7.70. The molecule has 0 radical (unpaired) electrons. The van der Waals surface area contributed by atoms with Crippen molar-refractivity contribution in [2.45, 2.75) is 38.0 Å². The zero-order chi connectivity index (χ0) is 18.4. The van der Waals surface area contributed by atoms with Gasteiger partial charge >= 0.3 is 0 Å². The number of piperidine rings is 1. The number of nitrogens with one attached hydrogen (secondary N) is 1. The smallest absolute Gasteiger partial charge is 0.209 e. The molecule has 27 heavy (non-hydrogen) atoms. The van der Waals surface area contributed by atoms with Gasteiger partial charge in [-0.3, -0.25) is 0 Å². The number of ether oxygens (including phenoxy) is 2. The normalized spacial score (nSPS) is 29.1. The van der Waals surface area contributed by atoms with Crippen molar-refractivity contribution >= 4 is 17.0 Å². The van der Waals surface area contributed by atoms with Gasteiger partial charge in [-0.2, -0.15) is 5.10 Å². The van der Waals surface area contributed by atoms with Crippen molar-refractivity contribution in [2.24, 2.45) is 5.10 Å². The molecule has 3 aliphatic heterocycles. The number of likely N-dealkylation sites (tertiary alicyclic amines) is 1. The van der Waals surface area contributed by atoms with Crippen molar-refractivity contribution in [2.75, 3.05) is 26.7 Å². The van der Waals surface area contributed by atoms with Crippen LogP contribution in [0.25, 0.3) is 0 Å². The SMILES string of the molecule is CCOc1cccc2c1OC1(CC[NH+](C)CC1)N1N=C(c3cccs3)C[C@H]21. The van der Waals surface area contributed by atoms with E-state index >= 15 is 0 Å².